The van der Waals surface area contributed by atoms with Crippen LogP contribution in [0.2, 0.25) is 0 Å². The van der Waals surface area contributed by atoms with Crippen LogP contribution in [0.25, 0.3) is 0 Å². The van der Waals surface area contributed by atoms with Crippen molar-refractivity contribution in [1.82, 2.24) is 20.9 Å². The molecule has 0 saturated carbocycles. The summed E-state index contributed by atoms with van der Waals surface area (Å²) in [6.45, 7) is 10.1. The molecule has 10 nitrogen and oxygen atoms in total. The highest BCUT2D eigenvalue weighted by molar-refractivity contribution is 6.16. The third-order valence-electron chi connectivity index (χ3n) is 5.21. The van der Waals surface area contributed by atoms with Crippen LogP contribution in [0.4, 0.5) is 4.79 Å². The molecule has 1 saturated heterocycles. The predicted octanol–water partition coefficient (Wildman–Crippen LogP) is 1.66. The number of imide groups is 1. The molecule has 4 atom stereocenters. The fourth-order valence-electron chi connectivity index (χ4n) is 3.53. The second-order valence-electron chi connectivity index (χ2n) is 9.50. The number of amides is 4. The number of aromatic nitrogens is 1. The van der Waals surface area contributed by atoms with Gasteiger partial charge in [0.25, 0.3) is 0 Å². The van der Waals surface area contributed by atoms with Crippen LogP contribution in [0.3, 0.4) is 0 Å². The van der Waals surface area contributed by atoms with Crippen molar-refractivity contribution in [2.45, 2.75) is 65.6 Å². The highest BCUT2D eigenvalue weighted by atomic mass is 16.6. The molecule has 1 aromatic rings. The Morgan fingerprint density at radius 2 is 1.82 bits per heavy atom. The van der Waals surface area contributed by atoms with E-state index in [0.717, 1.165) is 0 Å². The monoisotopic (exact) mass is 460 g/mol. The van der Waals surface area contributed by atoms with Crippen LogP contribution in [0, 0.1) is 17.8 Å². The number of pyridine rings is 1. The largest absolute Gasteiger partial charge is 0.444 e. The second kappa shape index (κ2) is 10.5. The lowest BCUT2D eigenvalue weighted by atomic mass is 9.85. The summed E-state index contributed by atoms with van der Waals surface area (Å²) in [7, 11) is 0. The number of hydrogen-bond acceptors (Lipinski definition) is 7. The Balaban J connectivity index is 2.16. The van der Waals surface area contributed by atoms with E-state index in [0.29, 0.717) is 5.56 Å². The average molecular weight is 461 g/mol. The number of nitrogens with one attached hydrogen (secondary N) is 3. The van der Waals surface area contributed by atoms with Crippen LogP contribution in [-0.2, 0) is 23.9 Å². The summed E-state index contributed by atoms with van der Waals surface area (Å²) >= 11 is 0. The molecule has 0 aliphatic carbocycles. The van der Waals surface area contributed by atoms with Gasteiger partial charge in [-0.15, -0.1) is 0 Å². The summed E-state index contributed by atoms with van der Waals surface area (Å²) in [6, 6.07) is 1.65. The zero-order chi connectivity index (χ0) is 24.9. The molecular weight excluding hydrogens is 428 g/mol. The molecule has 0 bridgehead atoms. The number of alkyl carbamates (subject to hydrolysis) is 1. The molecule has 1 aromatic heterocycles. The van der Waals surface area contributed by atoms with E-state index in [2.05, 4.69) is 20.9 Å². The number of ketones is 1. The van der Waals surface area contributed by atoms with Crippen molar-refractivity contribution in [2.24, 2.45) is 17.8 Å². The van der Waals surface area contributed by atoms with Crippen LogP contribution in [0.15, 0.2) is 24.5 Å². The zero-order valence-corrected chi connectivity index (χ0v) is 19.8. The van der Waals surface area contributed by atoms with Gasteiger partial charge in [-0.05, 0) is 38.3 Å². The quantitative estimate of drug-likeness (QED) is 0.395. The molecular formula is C23H32N4O6. The van der Waals surface area contributed by atoms with Gasteiger partial charge in [0.15, 0.2) is 5.78 Å². The first-order valence-corrected chi connectivity index (χ1v) is 10.9. The molecule has 1 unspecified atom stereocenters. The molecule has 3 N–H and O–H groups in total. The summed E-state index contributed by atoms with van der Waals surface area (Å²) in [5.41, 5.74) is -0.142. The molecule has 180 valence electrons. The number of carbonyl (C=O) groups is 5. The highest BCUT2D eigenvalue weighted by Gasteiger charge is 2.46. The third-order valence-corrected chi connectivity index (χ3v) is 5.21. The minimum atomic E-state index is -1.15. The first kappa shape index (κ1) is 26.0. The topological polar surface area (TPSA) is 144 Å². The maximum atomic E-state index is 13.1. The molecule has 2 heterocycles. The number of hydrogen-bond donors (Lipinski definition) is 3. The van der Waals surface area contributed by atoms with Gasteiger partial charge in [0.1, 0.15) is 11.5 Å². The molecule has 2 rings (SSSR count). The molecule has 1 aliphatic rings. The van der Waals surface area contributed by atoms with Crippen LogP contribution in [0.1, 0.15) is 59.6 Å². The van der Waals surface area contributed by atoms with Crippen molar-refractivity contribution in [1.29, 1.82) is 0 Å². The Morgan fingerprint density at radius 1 is 1.15 bits per heavy atom. The van der Waals surface area contributed by atoms with E-state index in [1.165, 1.54) is 13.1 Å². The minimum Gasteiger partial charge on any atom is -0.444 e. The zero-order valence-electron chi connectivity index (χ0n) is 19.8. The van der Waals surface area contributed by atoms with E-state index >= 15 is 0 Å². The molecule has 0 radical (unpaired) electrons. The van der Waals surface area contributed by atoms with Crippen molar-refractivity contribution >= 4 is 29.6 Å². The second-order valence-corrected chi connectivity index (χ2v) is 9.50. The number of rotatable bonds is 8. The van der Waals surface area contributed by atoms with Crippen molar-refractivity contribution < 1.29 is 28.7 Å². The van der Waals surface area contributed by atoms with Crippen LogP contribution >= 0.6 is 0 Å². The summed E-state index contributed by atoms with van der Waals surface area (Å²) in [5, 5.41) is 7.51. The van der Waals surface area contributed by atoms with Gasteiger partial charge in [0.05, 0.1) is 24.4 Å². The summed E-state index contributed by atoms with van der Waals surface area (Å²) in [4.78, 5) is 66.2. The van der Waals surface area contributed by atoms with Gasteiger partial charge in [-0.25, -0.2) is 4.79 Å². The molecule has 33 heavy (non-hydrogen) atoms. The van der Waals surface area contributed by atoms with Crippen LogP contribution < -0.4 is 16.0 Å². The van der Waals surface area contributed by atoms with Gasteiger partial charge in [0, 0.05) is 12.4 Å². The van der Waals surface area contributed by atoms with E-state index in [-0.39, 0.29) is 12.3 Å². The van der Waals surface area contributed by atoms with Gasteiger partial charge in [-0.1, -0.05) is 26.8 Å². The molecule has 0 aromatic carbocycles. The molecule has 10 heteroatoms. The van der Waals surface area contributed by atoms with E-state index in [1.54, 1.807) is 52.9 Å². The number of carbonyl (C=O) groups excluding carboxylic acids is 5. The Morgan fingerprint density at radius 3 is 2.30 bits per heavy atom. The fourth-order valence-corrected chi connectivity index (χ4v) is 3.53. The Labute approximate surface area is 193 Å². The lowest BCUT2D eigenvalue weighted by molar-refractivity contribution is -0.137. The Kier molecular flexibility index (Phi) is 8.29. The number of ether oxygens (including phenoxy) is 1. The van der Waals surface area contributed by atoms with E-state index in [4.69, 9.17) is 4.74 Å². The Hall–Kier alpha value is -3.30. The van der Waals surface area contributed by atoms with Crippen molar-refractivity contribution in [3.05, 3.63) is 30.1 Å². The Bertz CT molecular complexity index is 909. The third kappa shape index (κ3) is 7.10. The van der Waals surface area contributed by atoms with Crippen LogP contribution in [-0.4, -0.2) is 46.2 Å². The fraction of sp³-hybridized carbons (Fsp3) is 0.565. The van der Waals surface area contributed by atoms with E-state index in [9.17, 15) is 24.0 Å². The lowest BCUT2D eigenvalue weighted by Gasteiger charge is -2.26. The summed E-state index contributed by atoms with van der Waals surface area (Å²) in [5.74, 6) is -4.48. The van der Waals surface area contributed by atoms with Gasteiger partial charge in [-0.3, -0.25) is 29.5 Å². The van der Waals surface area contributed by atoms with Gasteiger partial charge in [-0.2, -0.15) is 0 Å². The van der Waals surface area contributed by atoms with Gasteiger partial charge >= 0.3 is 6.09 Å². The lowest BCUT2D eigenvalue weighted by Crippen LogP contribution is -2.49. The predicted molar refractivity (Wildman–Crippen MR) is 119 cm³/mol. The first-order valence-electron chi connectivity index (χ1n) is 10.9. The molecule has 1 aliphatic heterocycles. The van der Waals surface area contributed by atoms with Crippen molar-refractivity contribution in [3.63, 3.8) is 0 Å². The van der Waals surface area contributed by atoms with Crippen LogP contribution in [0.5, 0.6) is 0 Å². The normalized spacial score (nSPS) is 20.1. The number of nitrogens with zero attached hydrogens (tertiary/aromatic N) is 1. The number of Topliss-reactive ketones (excluding diaryl/α,β-unsaturated/α-hetero) is 1. The van der Waals surface area contributed by atoms with E-state index < -0.39 is 59.1 Å². The maximum absolute atomic E-state index is 13.1. The maximum Gasteiger partial charge on any atom is 0.408 e. The van der Waals surface area contributed by atoms with Crippen molar-refractivity contribution in [2.75, 3.05) is 0 Å². The van der Waals surface area contributed by atoms with Gasteiger partial charge in [0.2, 0.25) is 17.7 Å². The van der Waals surface area contributed by atoms with E-state index in [1.807, 2.05) is 0 Å². The summed E-state index contributed by atoms with van der Waals surface area (Å²) in [6.07, 6.45) is 2.20. The smallest absolute Gasteiger partial charge is 0.408 e. The highest BCUT2D eigenvalue weighted by Crippen LogP contribution is 2.24. The van der Waals surface area contributed by atoms with Crippen molar-refractivity contribution in [3.8, 4) is 0 Å². The molecule has 4 amide bonds. The van der Waals surface area contributed by atoms with Gasteiger partial charge < -0.3 is 15.4 Å². The molecule has 0 spiro atoms. The average Bonchev–Trinajstić information content (AvgIpc) is 2.95. The first-order chi connectivity index (χ1) is 15.3. The SMILES string of the molecule is CC(C)[C@H](NC(=O)CC(NC(=O)OC(C)(C)C)c1cccnc1)C(=O)[C@@H]1C(=O)NC(=O)[C@H]1C. The summed E-state index contributed by atoms with van der Waals surface area (Å²) < 4.78 is 5.30. The molecule has 1 fully saturated rings. The minimum absolute atomic E-state index is 0.188. The standard InChI is InChI=1S/C23H32N4O6/c1-12(2)18(19(29)17-13(3)20(30)27-21(17)31)26-16(28)10-15(14-8-7-9-24-11-14)25-22(32)33-23(4,5)6/h7-9,11-13,15,17-18H,10H2,1-6H3,(H,25,32)(H,26,28)(H,27,30,31)/t13-,15?,17+,18-/m0/s1.